The molecule has 0 saturated carbocycles. The molecule has 0 atom stereocenters. The molecule has 0 amide bonds. The minimum Gasteiger partial charge on any atom is -0.542 e. The molecule has 0 fully saturated rings. The van der Waals surface area contributed by atoms with Crippen LogP contribution in [0.15, 0.2) is 16.6 Å². The van der Waals surface area contributed by atoms with Gasteiger partial charge in [-0.3, -0.25) is 0 Å². The Balaban J connectivity index is 3.09. The lowest BCUT2D eigenvalue weighted by Crippen LogP contribution is -2.29. The number of halogens is 2. The Labute approximate surface area is 98.7 Å². The summed E-state index contributed by atoms with van der Waals surface area (Å²) >= 11 is 9.22. The van der Waals surface area contributed by atoms with Gasteiger partial charge in [0, 0.05) is 5.02 Å². The first kappa shape index (κ1) is 11.9. The van der Waals surface area contributed by atoms with E-state index in [1.807, 2.05) is 0 Å². The maximum absolute atomic E-state index is 5.84. The summed E-state index contributed by atoms with van der Waals surface area (Å²) in [6.07, 6.45) is 0. The van der Waals surface area contributed by atoms with E-state index in [0.717, 1.165) is 4.47 Å². The summed E-state index contributed by atoms with van der Waals surface area (Å²) in [5.74, 6) is 0.702. The van der Waals surface area contributed by atoms with Crippen LogP contribution in [0.5, 0.6) is 5.75 Å². The summed E-state index contributed by atoms with van der Waals surface area (Å²) in [5.41, 5.74) is 6.39. The Bertz CT molecular complexity index is 328. The van der Waals surface area contributed by atoms with Crippen molar-refractivity contribution in [2.24, 2.45) is 0 Å². The Kier molecular flexibility index (Phi) is 3.50. The zero-order valence-electron chi connectivity index (χ0n) is 8.40. The molecule has 0 saturated heterocycles. The highest BCUT2D eigenvalue weighted by atomic mass is 79.9. The van der Waals surface area contributed by atoms with Gasteiger partial charge in [-0.25, -0.2) is 0 Å². The number of nitrogen functional groups attached to an aromatic ring is 1. The molecule has 0 spiro atoms. The Morgan fingerprint density at radius 1 is 1.36 bits per heavy atom. The van der Waals surface area contributed by atoms with Crippen molar-refractivity contribution < 1.29 is 4.43 Å². The molecular weight excluding hydrogens is 282 g/mol. The zero-order chi connectivity index (χ0) is 10.9. The normalized spacial score (nSPS) is 11.5. The second-order valence-electron chi connectivity index (χ2n) is 4.02. The van der Waals surface area contributed by atoms with Gasteiger partial charge in [-0.1, -0.05) is 11.6 Å². The van der Waals surface area contributed by atoms with E-state index in [1.54, 1.807) is 12.1 Å². The minimum atomic E-state index is -1.63. The third kappa shape index (κ3) is 3.19. The number of nitrogens with two attached hydrogens (primary N) is 1. The van der Waals surface area contributed by atoms with Crippen molar-refractivity contribution in [3.8, 4) is 5.75 Å². The molecule has 0 bridgehead atoms. The van der Waals surface area contributed by atoms with Gasteiger partial charge in [0.05, 0.1) is 10.2 Å². The SMILES string of the molecule is C[Si](C)(C)Oc1c(N)cc(Cl)cc1Br. The van der Waals surface area contributed by atoms with Crippen molar-refractivity contribution in [2.75, 3.05) is 5.73 Å². The van der Waals surface area contributed by atoms with Gasteiger partial charge in [0.15, 0.2) is 0 Å². The van der Waals surface area contributed by atoms with Crippen molar-refractivity contribution in [3.05, 3.63) is 21.6 Å². The van der Waals surface area contributed by atoms with Crippen molar-refractivity contribution in [1.29, 1.82) is 0 Å². The van der Waals surface area contributed by atoms with E-state index < -0.39 is 8.32 Å². The molecule has 5 heteroatoms. The van der Waals surface area contributed by atoms with Crippen LogP contribution < -0.4 is 10.2 Å². The highest BCUT2D eigenvalue weighted by Crippen LogP contribution is 2.35. The van der Waals surface area contributed by atoms with E-state index >= 15 is 0 Å². The van der Waals surface area contributed by atoms with E-state index in [9.17, 15) is 0 Å². The fraction of sp³-hybridized carbons (Fsp3) is 0.333. The second-order valence-corrected chi connectivity index (χ2v) is 9.74. The number of hydrogen-bond acceptors (Lipinski definition) is 2. The van der Waals surface area contributed by atoms with Gasteiger partial charge < -0.3 is 10.2 Å². The van der Waals surface area contributed by atoms with Crippen molar-refractivity contribution in [2.45, 2.75) is 19.6 Å². The lowest BCUT2D eigenvalue weighted by Gasteiger charge is -2.21. The van der Waals surface area contributed by atoms with Gasteiger partial charge in [0.1, 0.15) is 5.75 Å². The minimum absolute atomic E-state index is 0.576. The monoisotopic (exact) mass is 293 g/mol. The Morgan fingerprint density at radius 2 is 1.93 bits per heavy atom. The first-order valence-corrected chi connectivity index (χ1v) is 8.81. The third-order valence-corrected chi connectivity index (χ3v) is 3.07. The quantitative estimate of drug-likeness (QED) is 0.663. The highest BCUT2D eigenvalue weighted by Gasteiger charge is 2.19. The highest BCUT2D eigenvalue weighted by molar-refractivity contribution is 9.10. The van der Waals surface area contributed by atoms with Gasteiger partial charge in [-0.2, -0.15) is 0 Å². The zero-order valence-corrected chi connectivity index (χ0v) is 11.7. The number of anilines is 1. The summed E-state index contributed by atoms with van der Waals surface area (Å²) in [5, 5.41) is 0.609. The maximum Gasteiger partial charge on any atom is 0.242 e. The van der Waals surface area contributed by atoms with E-state index in [-0.39, 0.29) is 0 Å². The molecule has 1 rings (SSSR count). The standard InChI is InChI=1S/C9H13BrClNOSi/c1-14(2,3)13-9-7(10)4-6(11)5-8(9)12/h4-5H,12H2,1-3H3. The first-order valence-electron chi connectivity index (χ1n) is 4.23. The predicted molar refractivity (Wildman–Crippen MR) is 67.5 cm³/mol. The molecule has 78 valence electrons. The lowest BCUT2D eigenvalue weighted by atomic mass is 10.3. The number of hydrogen-bond donors (Lipinski definition) is 1. The molecule has 0 aliphatic heterocycles. The average molecular weight is 295 g/mol. The van der Waals surface area contributed by atoms with Crippen molar-refractivity contribution in [3.63, 3.8) is 0 Å². The van der Waals surface area contributed by atoms with Crippen LogP contribution in [0.2, 0.25) is 24.7 Å². The molecular formula is C9H13BrClNOSi. The molecule has 0 radical (unpaired) electrons. The fourth-order valence-electron chi connectivity index (χ4n) is 0.994. The van der Waals surface area contributed by atoms with Gasteiger partial charge in [-0.05, 0) is 47.7 Å². The van der Waals surface area contributed by atoms with Crippen LogP contribution in [-0.4, -0.2) is 8.32 Å². The van der Waals surface area contributed by atoms with Crippen LogP contribution in [0.1, 0.15) is 0 Å². The summed E-state index contributed by atoms with van der Waals surface area (Å²) in [6.45, 7) is 6.31. The Morgan fingerprint density at radius 3 is 2.36 bits per heavy atom. The van der Waals surface area contributed by atoms with Crippen LogP contribution in [-0.2, 0) is 0 Å². The van der Waals surface area contributed by atoms with Gasteiger partial charge in [0.25, 0.3) is 0 Å². The van der Waals surface area contributed by atoms with Crippen LogP contribution in [0, 0.1) is 0 Å². The van der Waals surface area contributed by atoms with Crippen LogP contribution in [0.25, 0.3) is 0 Å². The van der Waals surface area contributed by atoms with Gasteiger partial charge in [-0.15, -0.1) is 0 Å². The summed E-state index contributed by atoms with van der Waals surface area (Å²) in [4.78, 5) is 0. The number of benzene rings is 1. The van der Waals surface area contributed by atoms with E-state index in [4.69, 9.17) is 21.8 Å². The van der Waals surface area contributed by atoms with Gasteiger partial charge >= 0.3 is 0 Å². The molecule has 0 unspecified atom stereocenters. The van der Waals surface area contributed by atoms with E-state index in [1.165, 1.54) is 0 Å². The topological polar surface area (TPSA) is 35.2 Å². The average Bonchev–Trinajstić information content (AvgIpc) is 1.95. The molecule has 2 N–H and O–H groups in total. The Hall–Kier alpha value is -0.193. The van der Waals surface area contributed by atoms with Crippen LogP contribution in [0.3, 0.4) is 0 Å². The van der Waals surface area contributed by atoms with Crippen LogP contribution in [0.4, 0.5) is 5.69 Å². The molecule has 0 aliphatic rings. The molecule has 1 aromatic rings. The molecule has 0 aliphatic carbocycles. The van der Waals surface area contributed by atoms with Crippen molar-refractivity contribution >= 4 is 41.5 Å². The summed E-state index contributed by atoms with van der Waals surface area (Å²) in [6, 6.07) is 3.48. The molecule has 1 aromatic carbocycles. The first-order chi connectivity index (χ1) is 6.29. The summed E-state index contributed by atoms with van der Waals surface area (Å²) in [7, 11) is -1.63. The van der Waals surface area contributed by atoms with Gasteiger partial charge in [0.2, 0.25) is 8.32 Å². The molecule has 0 heterocycles. The van der Waals surface area contributed by atoms with E-state index in [0.29, 0.717) is 16.5 Å². The second kappa shape index (κ2) is 4.12. The largest absolute Gasteiger partial charge is 0.542 e. The van der Waals surface area contributed by atoms with Crippen LogP contribution >= 0.6 is 27.5 Å². The van der Waals surface area contributed by atoms with E-state index in [2.05, 4.69) is 35.6 Å². The lowest BCUT2D eigenvalue weighted by molar-refractivity contribution is 0.557. The number of rotatable bonds is 2. The van der Waals surface area contributed by atoms with Crippen molar-refractivity contribution in [1.82, 2.24) is 0 Å². The third-order valence-electron chi connectivity index (χ3n) is 1.45. The smallest absolute Gasteiger partial charge is 0.242 e. The maximum atomic E-state index is 5.84. The fourth-order valence-corrected chi connectivity index (χ4v) is 2.90. The molecule has 2 nitrogen and oxygen atoms in total. The molecule has 14 heavy (non-hydrogen) atoms. The molecule has 0 aromatic heterocycles. The predicted octanol–water partition coefficient (Wildman–Crippen LogP) is 3.90. The summed E-state index contributed by atoms with van der Waals surface area (Å²) < 4.78 is 6.64.